The summed E-state index contributed by atoms with van der Waals surface area (Å²) in [6.45, 7) is 15.5. The first-order valence-corrected chi connectivity index (χ1v) is 5.66. The van der Waals surface area contributed by atoms with Gasteiger partial charge in [-0.3, -0.25) is 0 Å². The van der Waals surface area contributed by atoms with Crippen LogP contribution in [0, 0.1) is 10.8 Å². The molecule has 0 aliphatic heterocycles. The highest BCUT2D eigenvalue weighted by atomic mass is 14.9. The molecular weight excluding hydrogens is 182 g/mol. The van der Waals surface area contributed by atoms with Crippen LogP contribution in [0.3, 0.4) is 0 Å². The van der Waals surface area contributed by atoms with Crippen molar-refractivity contribution >= 4 is 0 Å². The summed E-state index contributed by atoms with van der Waals surface area (Å²) in [5, 5.41) is 3.31. The minimum absolute atomic E-state index is 0.0842. The first kappa shape index (κ1) is 14.3. The minimum Gasteiger partial charge on any atom is -0.391 e. The predicted octanol–water partition coefficient (Wildman–Crippen LogP) is 4.13. The summed E-state index contributed by atoms with van der Waals surface area (Å²) < 4.78 is 0. The summed E-state index contributed by atoms with van der Waals surface area (Å²) in [4.78, 5) is 0. The summed E-state index contributed by atoms with van der Waals surface area (Å²) in [5.41, 5.74) is 2.99. The monoisotopic (exact) mass is 209 g/mol. The van der Waals surface area contributed by atoms with Gasteiger partial charge in [-0.2, -0.15) is 0 Å². The number of nitrogens with one attached hydrogen (secondary N) is 1. The van der Waals surface area contributed by atoms with Crippen molar-refractivity contribution in [1.82, 2.24) is 5.32 Å². The Balaban J connectivity index is 4.99. The third-order valence-corrected chi connectivity index (χ3v) is 2.39. The van der Waals surface area contributed by atoms with Crippen molar-refractivity contribution < 1.29 is 0 Å². The van der Waals surface area contributed by atoms with Gasteiger partial charge in [0.05, 0.1) is 0 Å². The highest BCUT2D eigenvalue weighted by Crippen LogP contribution is 2.30. The molecule has 0 amide bonds. The van der Waals surface area contributed by atoms with Gasteiger partial charge in [-0.25, -0.2) is 0 Å². The molecule has 0 spiro atoms. The van der Waals surface area contributed by atoms with Crippen LogP contribution in [0.15, 0.2) is 23.4 Å². The molecule has 0 bridgehead atoms. The van der Waals surface area contributed by atoms with E-state index < -0.39 is 0 Å². The average molecular weight is 209 g/mol. The highest BCUT2D eigenvalue weighted by molar-refractivity contribution is 5.22. The number of rotatable bonds is 3. The third kappa shape index (κ3) is 5.06. The molecule has 0 atom stereocenters. The Morgan fingerprint density at radius 2 is 1.40 bits per heavy atom. The molecule has 0 rings (SSSR count). The normalized spacial score (nSPS) is 13.1. The zero-order valence-corrected chi connectivity index (χ0v) is 11.7. The molecule has 0 saturated carbocycles. The molecular formula is C14H27N. The molecule has 15 heavy (non-hydrogen) atoms. The van der Waals surface area contributed by atoms with Crippen molar-refractivity contribution in [3.63, 3.8) is 0 Å². The number of hydrogen-bond acceptors (Lipinski definition) is 1. The Hall–Kier alpha value is -0.720. The van der Waals surface area contributed by atoms with E-state index in [4.69, 9.17) is 0 Å². The van der Waals surface area contributed by atoms with E-state index in [9.17, 15) is 0 Å². The van der Waals surface area contributed by atoms with Crippen molar-refractivity contribution in [3.05, 3.63) is 23.4 Å². The third-order valence-electron chi connectivity index (χ3n) is 2.39. The summed E-state index contributed by atoms with van der Waals surface area (Å²) in [6.07, 6.45) is 4.58. The van der Waals surface area contributed by atoms with Gasteiger partial charge in [0.2, 0.25) is 0 Å². The molecule has 0 saturated heterocycles. The van der Waals surface area contributed by atoms with E-state index in [0.717, 1.165) is 0 Å². The fourth-order valence-electron chi connectivity index (χ4n) is 1.76. The number of allylic oxidation sites excluding steroid dienone is 3. The molecule has 0 radical (unpaired) electrons. The van der Waals surface area contributed by atoms with Crippen LogP contribution in [-0.4, -0.2) is 7.05 Å². The maximum Gasteiger partial charge on any atom is 0.0222 e. The smallest absolute Gasteiger partial charge is 0.0222 e. The summed E-state index contributed by atoms with van der Waals surface area (Å²) in [7, 11) is 2.00. The van der Waals surface area contributed by atoms with Crippen LogP contribution in [0.4, 0.5) is 0 Å². The summed E-state index contributed by atoms with van der Waals surface area (Å²) in [6, 6.07) is 0. The van der Waals surface area contributed by atoms with E-state index in [0.29, 0.717) is 0 Å². The Bertz CT molecular complexity index is 258. The van der Waals surface area contributed by atoms with Gasteiger partial charge in [0, 0.05) is 18.2 Å². The molecule has 1 nitrogen and oxygen atoms in total. The van der Waals surface area contributed by atoms with Gasteiger partial charge in [-0.1, -0.05) is 52.3 Å². The van der Waals surface area contributed by atoms with Crippen molar-refractivity contribution in [2.75, 3.05) is 7.05 Å². The molecule has 1 heteroatoms. The largest absolute Gasteiger partial charge is 0.391 e. The Morgan fingerprint density at radius 3 is 1.67 bits per heavy atom. The molecule has 0 aromatic heterocycles. The van der Waals surface area contributed by atoms with Gasteiger partial charge < -0.3 is 5.32 Å². The van der Waals surface area contributed by atoms with Gasteiger partial charge in [0.15, 0.2) is 0 Å². The molecule has 0 fully saturated rings. The molecule has 88 valence electrons. The van der Waals surface area contributed by atoms with Gasteiger partial charge in [0.25, 0.3) is 0 Å². The topological polar surface area (TPSA) is 12.0 Å². The molecule has 0 aliphatic carbocycles. The molecule has 0 aliphatic rings. The standard InChI is InChI=1S/C14H27N/c1-11(2)12(15-8)14(6,7)10-9-13(3,4)5/h9-10,15H,1-8H3/b10-9+. The molecule has 0 unspecified atom stereocenters. The lowest BCUT2D eigenvalue weighted by Gasteiger charge is -2.27. The van der Waals surface area contributed by atoms with Crippen molar-refractivity contribution in [2.45, 2.75) is 48.5 Å². The molecule has 0 aromatic rings. The zero-order chi connectivity index (χ0) is 12.3. The van der Waals surface area contributed by atoms with E-state index in [1.165, 1.54) is 11.3 Å². The van der Waals surface area contributed by atoms with Crippen LogP contribution >= 0.6 is 0 Å². The quantitative estimate of drug-likeness (QED) is 0.689. The first-order chi connectivity index (χ1) is 6.60. The molecule has 0 heterocycles. The van der Waals surface area contributed by atoms with Crippen LogP contribution in [-0.2, 0) is 0 Å². The van der Waals surface area contributed by atoms with E-state index in [-0.39, 0.29) is 10.8 Å². The lowest BCUT2D eigenvalue weighted by Crippen LogP contribution is -2.24. The predicted molar refractivity (Wildman–Crippen MR) is 69.8 cm³/mol. The fraction of sp³-hybridized carbons (Fsp3) is 0.714. The average Bonchev–Trinajstić information content (AvgIpc) is 1.99. The highest BCUT2D eigenvalue weighted by Gasteiger charge is 2.21. The summed E-state index contributed by atoms with van der Waals surface area (Å²) >= 11 is 0. The molecule has 0 aromatic carbocycles. The van der Waals surface area contributed by atoms with Gasteiger partial charge >= 0.3 is 0 Å². The van der Waals surface area contributed by atoms with Crippen LogP contribution in [0.2, 0.25) is 0 Å². The second kappa shape index (κ2) is 4.87. The SMILES string of the molecule is CNC(=C(C)C)C(C)(C)/C=C/C(C)(C)C. The van der Waals surface area contributed by atoms with Gasteiger partial charge in [0.1, 0.15) is 0 Å². The maximum absolute atomic E-state index is 3.31. The van der Waals surface area contributed by atoms with Crippen molar-refractivity contribution in [3.8, 4) is 0 Å². The van der Waals surface area contributed by atoms with E-state index >= 15 is 0 Å². The lowest BCUT2D eigenvalue weighted by molar-refractivity contribution is 0.499. The lowest BCUT2D eigenvalue weighted by atomic mass is 9.83. The molecule has 1 N–H and O–H groups in total. The van der Waals surface area contributed by atoms with E-state index in [1.54, 1.807) is 0 Å². The second-order valence-corrected chi connectivity index (χ2v) is 6.05. The summed E-state index contributed by atoms with van der Waals surface area (Å²) in [5.74, 6) is 0. The van der Waals surface area contributed by atoms with E-state index in [2.05, 4.69) is 65.9 Å². The maximum atomic E-state index is 3.31. The van der Waals surface area contributed by atoms with Crippen LogP contribution in [0.1, 0.15) is 48.5 Å². The first-order valence-electron chi connectivity index (χ1n) is 5.66. The Morgan fingerprint density at radius 1 is 0.933 bits per heavy atom. The van der Waals surface area contributed by atoms with Crippen LogP contribution in [0.25, 0.3) is 0 Å². The van der Waals surface area contributed by atoms with Crippen molar-refractivity contribution in [1.29, 1.82) is 0 Å². The second-order valence-electron chi connectivity index (χ2n) is 6.05. The van der Waals surface area contributed by atoms with Crippen LogP contribution < -0.4 is 5.32 Å². The van der Waals surface area contributed by atoms with E-state index in [1.807, 2.05) is 7.05 Å². The fourth-order valence-corrected chi connectivity index (χ4v) is 1.76. The Kier molecular flexibility index (Phi) is 4.64. The van der Waals surface area contributed by atoms with Gasteiger partial charge in [-0.05, 0) is 19.3 Å². The minimum atomic E-state index is 0.0842. The number of hydrogen-bond donors (Lipinski definition) is 1. The van der Waals surface area contributed by atoms with Gasteiger partial charge in [-0.15, -0.1) is 0 Å². The Labute approximate surface area is 95.7 Å². The zero-order valence-electron chi connectivity index (χ0n) is 11.7. The van der Waals surface area contributed by atoms with Crippen LogP contribution in [0.5, 0.6) is 0 Å². The van der Waals surface area contributed by atoms with Crippen molar-refractivity contribution in [2.24, 2.45) is 10.8 Å².